The number of aliphatic hydroxyl groups excluding tert-OH is 1. The van der Waals surface area contributed by atoms with Gasteiger partial charge >= 0.3 is 5.91 Å². The number of nitrogens with zero attached hydrogens (tertiary/aromatic N) is 4. The van der Waals surface area contributed by atoms with Crippen LogP contribution in [0.5, 0.6) is 0 Å². The smallest absolute Gasteiger partial charge is 0.301 e. The highest BCUT2D eigenvalue weighted by Gasteiger charge is 2.48. The maximum atomic E-state index is 13.5. The summed E-state index contributed by atoms with van der Waals surface area (Å²) in [6.07, 6.45) is 3.19. The largest absolute Gasteiger partial charge is 0.507 e. The van der Waals surface area contributed by atoms with Crippen molar-refractivity contribution in [3.8, 4) is 0 Å². The van der Waals surface area contributed by atoms with Crippen LogP contribution in [0.25, 0.3) is 16.5 Å². The molecule has 0 radical (unpaired) electrons. The van der Waals surface area contributed by atoms with Gasteiger partial charge in [0, 0.05) is 23.7 Å². The molecule has 6 rings (SSSR count). The SMILES string of the molecule is Cc1ccc(C)c(/C(O)=C2\C(=O)C(=O)N(c3nnc(SCc4cccc5ccccc45)s3)C2c2ccncc2)c1. The van der Waals surface area contributed by atoms with Crippen LogP contribution in [-0.4, -0.2) is 32.0 Å². The summed E-state index contributed by atoms with van der Waals surface area (Å²) in [5.41, 5.74) is 4.07. The van der Waals surface area contributed by atoms with E-state index in [-0.39, 0.29) is 11.3 Å². The second kappa shape index (κ2) is 10.7. The van der Waals surface area contributed by atoms with Gasteiger partial charge in [-0.1, -0.05) is 83.3 Å². The van der Waals surface area contributed by atoms with E-state index in [1.54, 1.807) is 24.5 Å². The van der Waals surface area contributed by atoms with E-state index in [1.165, 1.54) is 44.3 Å². The van der Waals surface area contributed by atoms with Gasteiger partial charge in [0.05, 0.1) is 11.6 Å². The molecular formula is C31H24N4O3S2. The summed E-state index contributed by atoms with van der Waals surface area (Å²) in [6.45, 7) is 3.77. The second-order valence-corrected chi connectivity index (χ2v) is 11.7. The van der Waals surface area contributed by atoms with Crippen molar-refractivity contribution in [1.29, 1.82) is 0 Å². The van der Waals surface area contributed by atoms with Crippen LogP contribution >= 0.6 is 23.1 Å². The number of thioether (sulfide) groups is 1. The van der Waals surface area contributed by atoms with Gasteiger partial charge < -0.3 is 5.11 Å². The highest BCUT2D eigenvalue weighted by Crippen LogP contribution is 2.44. The maximum absolute atomic E-state index is 13.5. The molecule has 1 unspecified atom stereocenters. The van der Waals surface area contributed by atoms with Crippen LogP contribution in [0.3, 0.4) is 0 Å². The Morgan fingerprint density at radius 3 is 2.58 bits per heavy atom. The van der Waals surface area contributed by atoms with E-state index >= 15 is 0 Å². The van der Waals surface area contributed by atoms with Crippen LogP contribution < -0.4 is 4.90 Å². The van der Waals surface area contributed by atoms with E-state index in [9.17, 15) is 14.7 Å². The normalized spacial score (nSPS) is 16.6. The summed E-state index contributed by atoms with van der Waals surface area (Å²) >= 11 is 2.77. The number of amides is 1. The van der Waals surface area contributed by atoms with Gasteiger partial charge in [-0.25, -0.2) is 0 Å². The first kappa shape index (κ1) is 25.9. The van der Waals surface area contributed by atoms with Gasteiger partial charge in [0.1, 0.15) is 5.76 Å². The Morgan fingerprint density at radius 1 is 0.975 bits per heavy atom. The van der Waals surface area contributed by atoms with Crippen LogP contribution in [-0.2, 0) is 15.3 Å². The number of carbonyl (C=O) groups excluding carboxylic acids is 2. The molecule has 0 spiro atoms. The molecule has 0 bridgehead atoms. The van der Waals surface area contributed by atoms with E-state index in [0.29, 0.717) is 26.4 Å². The molecule has 3 heterocycles. The molecule has 7 nitrogen and oxygen atoms in total. The molecule has 2 aromatic heterocycles. The van der Waals surface area contributed by atoms with Crippen molar-refractivity contribution in [2.24, 2.45) is 0 Å². The molecule has 1 saturated heterocycles. The fourth-order valence-electron chi connectivity index (χ4n) is 4.94. The lowest BCUT2D eigenvalue weighted by Crippen LogP contribution is -2.29. The molecule has 40 heavy (non-hydrogen) atoms. The lowest BCUT2D eigenvalue weighted by molar-refractivity contribution is -0.132. The number of aromatic nitrogens is 3. The summed E-state index contributed by atoms with van der Waals surface area (Å²) in [7, 11) is 0. The van der Waals surface area contributed by atoms with Crippen molar-refractivity contribution >= 4 is 56.5 Å². The lowest BCUT2D eigenvalue weighted by Gasteiger charge is -2.22. The fraction of sp³-hybridized carbons (Fsp3) is 0.129. The van der Waals surface area contributed by atoms with Gasteiger partial charge in [0.15, 0.2) is 4.34 Å². The quantitative estimate of drug-likeness (QED) is 0.0814. The van der Waals surface area contributed by atoms with E-state index in [0.717, 1.165) is 11.1 Å². The predicted octanol–water partition coefficient (Wildman–Crippen LogP) is 6.62. The number of aliphatic hydroxyl groups is 1. The minimum absolute atomic E-state index is 0.0186. The molecule has 1 aliphatic rings. The number of aryl methyl sites for hydroxylation is 2. The van der Waals surface area contributed by atoms with Crippen molar-refractivity contribution in [3.63, 3.8) is 0 Å². The highest BCUT2D eigenvalue weighted by molar-refractivity contribution is 8.00. The monoisotopic (exact) mass is 564 g/mol. The molecule has 1 amide bonds. The summed E-state index contributed by atoms with van der Waals surface area (Å²) in [4.78, 5) is 32.4. The molecule has 1 fully saturated rings. The van der Waals surface area contributed by atoms with E-state index in [1.807, 2.05) is 50.2 Å². The van der Waals surface area contributed by atoms with Crippen molar-refractivity contribution in [2.75, 3.05) is 4.90 Å². The van der Waals surface area contributed by atoms with Crippen LogP contribution in [0.4, 0.5) is 5.13 Å². The molecule has 1 atom stereocenters. The molecular weight excluding hydrogens is 541 g/mol. The average molecular weight is 565 g/mol. The first-order chi connectivity index (χ1) is 19.4. The molecule has 1 aliphatic heterocycles. The summed E-state index contributed by atoms with van der Waals surface area (Å²) in [5, 5.41) is 22.7. The third kappa shape index (κ3) is 4.67. The highest BCUT2D eigenvalue weighted by atomic mass is 32.2. The summed E-state index contributed by atoms with van der Waals surface area (Å²) in [6, 6.07) is 22.7. The number of benzene rings is 3. The standard InChI is InChI=1S/C31H24N4O3S2/c1-18-10-11-19(2)24(16-18)27(36)25-26(21-12-14-32-15-13-21)35(29(38)28(25)37)30-33-34-31(40-30)39-17-22-8-5-7-20-6-3-4-9-23(20)22/h3-16,26,36H,17H2,1-2H3/b27-25+. The number of hydrogen-bond acceptors (Lipinski definition) is 8. The minimum atomic E-state index is -0.869. The van der Waals surface area contributed by atoms with Crippen molar-refractivity contribution in [3.05, 3.63) is 119 Å². The Balaban J connectivity index is 1.37. The number of ketones is 1. The zero-order chi connectivity index (χ0) is 27.8. The number of carbonyl (C=O) groups is 2. The summed E-state index contributed by atoms with van der Waals surface area (Å²) in [5.74, 6) is -1.05. The predicted molar refractivity (Wildman–Crippen MR) is 158 cm³/mol. The molecule has 0 aliphatic carbocycles. The zero-order valence-electron chi connectivity index (χ0n) is 21.7. The van der Waals surface area contributed by atoms with Crippen LogP contribution in [0.2, 0.25) is 0 Å². The third-order valence-electron chi connectivity index (χ3n) is 6.95. The third-order valence-corrected chi connectivity index (χ3v) is 9.05. The Bertz CT molecular complexity index is 1790. The Hall–Kier alpha value is -4.34. The Morgan fingerprint density at radius 2 is 1.75 bits per heavy atom. The first-order valence-corrected chi connectivity index (χ1v) is 14.4. The molecule has 0 saturated carbocycles. The number of Topliss-reactive ketones (excluding diaryl/α,β-unsaturated/α-hetero) is 1. The topological polar surface area (TPSA) is 96.3 Å². The second-order valence-electron chi connectivity index (χ2n) is 9.55. The first-order valence-electron chi connectivity index (χ1n) is 12.6. The summed E-state index contributed by atoms with van der Waals surface area (Å²) < 4.78 is 0.674. The number of anilines is 1. The van der Waals surface area contributed by atoms with Gasteiger partial charge in [-0.15, -0.1) is 10.2 Å². The molecule has 5 aromatic rings. The lowest BCUT2D eigenvalue weighted by atomic mass is 9.94. The Kier molecular flexibility index (Phi) is 6.91. The van der Waals surface area contributed by atoms with Gasteiger partial charge in [-0.2, -0.15) is 0 Å². The van der Waals surface area contributed by atoms with Crippen LogP contribution in [0.15, 0.2) is 95.1 Å². The van der Waals surface area contributed by atoms with Gasteiger partial charge in [0.25, 0.3) is 5.78 Å². The molecule has 198 valence electrons. The van der Waals surface area contributed by atoms with Gasteiger partial charge in [-0.05, 0) is 59.5 Å². The molecule has 3 aromatic carbocycles. The minimum Gasteiger partial charge on any atom is -0.507 e. The van der Waals surface area contributed by atoms with E-state index in [2.05, 4.69) is 39.4 Å². The number of pyridine rings is 1. The number of rotatable bonds is 6. The van der Waals surface area contributed by atoms with E-state index in [4.69, 9.17) is 0 Å². The van der Waals surface area contributed by atoms with Crippen molar-refractivity contribution in [2.45, 2.75) is 30.0 Å². The van der Waals surface area contributed by atoms with Crippen LogP contribution in [0, 0.1) is 13.8 Å². The average Bonchev–Trinajstić information content (AvgIpc) is 3.55. The van der Waals surface area contributed by atoms with Gasteiger partial charge in [-0.3, -0.25) is 19.5 Å². The van der Waals surface area contributed by atoms with Crippen molar-refractivity contribution < 1.29 is 14.7 Å². The molecule has 1 N–H and O–H groups in total. The Labute approximate surface area is 239 Å². The number of fused-ring (bicyclic) bond motifs is 1. The van der Waals surface area contributed by atoms with Crippen molar-refractivity contribution in [1.82, 2.24) is 15.2 Å². The van der Waals surface area contributed by atoms with E-state index < -0.39 is 17.7 Å². The number of hydrogen-bond donors (Lipinski definition) is 1. The van der Waals surface area contributed by atoms with Crippen LogP contribution in [0.1, 0.15) is 33.9 Å². The van der Waals surface area contributed by atoms with Gasteiger partial charge in [0.2, 0.25) is 5.13 Å². The maximum Gasteiger partial charge on any atom is 0.301 e. The zero-order valence-corrected chi connectivity index (χ0v) is 23.4. The fourth-order valence-corrected chi connectivity index (χ4v) is 6.81. The molecule has 9 heteroatoms.